The molecule has 98 valence electrons. The van der Waals surface area contributed by atoms with Gasteiger partial charge >= 0.3 is 7.25 Å². The van der Waals surface area contributed by atoms with Crippen LogP contribution in [0.25, 0.3) is 0 Å². The van der Waals surface area contributed by atoms with E-state index in [0.29, 0.717) is 6.73 Å². The first kappa shape index (κ1) is 15.9. The molecule has 0 spiro atoms. The number of rotatable bonds is 4. The van der Waals surface area contributed by atoms with Crippen LogP contribution < -0.4 is 4.57 Å². The largest absolute Gasteiger partial charge is 0.673 e. The predicted octanol–water partition coefficient (Wildman–Crippen LogP) is 2.24. The van der Waals surface area contributed by atoms with E-state index in [1.807, 2.05) is 42.1 Å². The molecule has 0 amide bonds. The van der Waals surface area contributed by atoms with Gasteiger partial charge in [0.25, 0.3) is 6.73 Å². The number of hydrogen-bond acceptors (Lipinski definition) is 2. The van der Waals surface area contributed by atoms with Gasteiger partial charge < -0.3 is 22.0 Å². The maximum atomic E-state index is 9.75. The standard InChI is InChI=1S/C9H14NO2.BF4/c1-9(11-2)12-8-10-6-4-3-5-7-10;2-1(3,4)5/h3-7,9H,8H2,1-2H3;/q+1;-1. The van der Waals surface area contributed by atoms with Crippen LogP contribution in [0.2, 0.25) is 0 Å². The quantitative estimate of drug-likeness (QED) is 0.356. The lowest BCUT2D eigenvalue weighted by Gasteiger charge is -2.06. The van der Waals surface area contributed by atoms with Gasteiger partial charge in [-0.15, -0.1) is 0 Å². The van der Waals surface area contributed by atoms with E-state index in [4.69, 9.17) is 9.47 Å². The van der Waals surface area contributed by atoms with Crippen molar-refractivity contribution in [2.24, 2.45) is 0 Å². The molecule has 0 saturated heterocycles. The molecule has 1 atom stereocenters. The van der Waals surface area contributed by atoms with Crippen LogP contribution in [0.3, 0.4) is 0 Å². The lowest BCUT2D eigenvalue weighted by atomic mass is 10.3. The molecule has 1 rings (SSSR count). The Morgan fingerprint density at radius 1 is 1.12 bits per heavy atom. The Morgan fingerprint density at radius 3 is 2.00 bits per heavy atom. The molecule has 0 radical (unpaired) electrons. The van der Waals surface area contributed by atoms with Crippen LogP contribution in [-0.4, -0.2) is 20.7 Å². The third-order valence-corrected chi connectivity index (χ3v) is 1.57. The van der Waals surface area contributed by atoms with E-state index in [1.54, 1.807) is 7.11 Å². The molecular formula is C9H14BF4NO2. The van der Waals surface area contributed by atoms with Crippen molar-refractivity contribution in [3.05, 3.63) is 30.6 Å². The van der Waals surface area contributed by atoms with Crippen molar-refractivity contribution in [3.63, 3.8) is 0 Å². The summed E-state index contributed by atoms with van der Waals surface area (Å²) in [5, 5.41) is 0. The van der Waals surface area contributed by atoms with Crippen LogP contribution in [0, 0.1) is 0 Å². The van der Waals surface area contributed by atoms with E-state index in [9.17, 15) is 17.3 Å². The molecule has 17 heavy (non-hydrogen) atoms. The zero-order valence-corrected chi connectivity index (χ0v) is 9.52. The van der Waals surface area contributed by atoms with Crippen molar-refractivity contribution < 1.29 is 31.3 Å². The maximum Gasteiger partial charge on any atom is 0.673 e. The summed E-state index contributed by atoms with van der Waals surface area (Å²) in [5.41, 5.74) is 0. The third-order valence-electron chi connectivity index (χ3n) is 1.57. The monoisotopic (exact) mass is 255 g/mol. The van der Waals surface area contributed by atoms with Gasteiger partial charge in [0, 0.05) is 19.2 Å². The lowest BCUT2D eigenvalue weighted by Crippen LogP contribution is -2.35. The first-order valence-corrected chi connectivity index (χ1v) is 4.78. The highest BCUT2D eigenvalue weighted by molar-refractivity contribution is 6.50. The van der Waals surface area contributed by atoms with Crippen LogP contribution in [0.15, 0.2) is 30.6 Å². The van der Waals surface area contributed by atoms with Crippen molar-refractivity contribution in [2.75, 3.05) is 7.11 Å². The molecule has 3 nitrogen and oxygen atoms in total. The molecule has 0 saturated carbocycles. The molecule has 0 N–H and O–H groups in total. The Labute approximate surface area is 97.1 Å². The van der Waals surface area contributed by atoms with E-state index in [0.717, 1.165) is 0 Å². The average Bonchev–Trinajstić information content (AvgIpc) is 2.25. The van der Waals surface area contributed by atoms with Gasteiger partial charge in [-0.2, -0.15) is 4.57 Å². The number of halogens is 4. The van der Waals surface area contributed by atoms with E-state index < -0.39 is 7.25 Å². The Kier molecular flexibility index (Phi) is 7.48. The fourth-order valence-corrected chi connectivity index (χ4v) is 0.779. The number of methoxy groups -OCH3 is 1. The summed E-state index contributed by atoms with van der Waals surface area (Å²) in [5.74, 6) is 0. The third kappa shape index (κ3) is 12.8. The van der Waals surface area contributed by atoms with Gasteiger partial charge in [-0.1, -0.05) is 6.07 Å². The van der Waals surface area contributed by atoms with Gasteiger partial charge in [0.05, 0.1) is 0 Å². The number of nitrogens with zero attached hydrogens (tertiary/aromatic N) is 1. The number of pyridine rings is 1. The van der Waals surface area contributed by atoms with Crippen LogP contribution in [0.4, 0.5) is 17.3 Å². The molecule has 1 heterocycles. The van der Waals surface area contributed by atoms with E-state index >= 15 is 0 Å². The van der Waals surface area contributed by atoms with Crippen LogP contribution in [-0.2, 0) is 16.2 Å². The first-order chi connectivity index (χ1) is 7.83. The summed E-state index contributed by atoms with van der Waals surface area (Å²) in [6, 6.07) is 5.89. The highest BCUT2D eigenvalue weighted by Gasteiger charge is 2.20. The molecule has 1 unspecified atom stereocenters. The molecule has 8 heteroatoms. The molecule has 0 aliphatic rings. The molecule has 0 aliphatic heterocycles. The van der Waals surface area contributed by atoms with Crippen LogP contribution >= 0.6 is 0 Å². The Bertz CT molecular complexity index is 291. The second-order valence-corrected chi connectivity index (χ2v) is 2.98. The molecular weight excluding hydrogens is 241 g/mol. The van der Waals surface area contributed by atoms with Gasteiger partial charge in [0.15, 0.2) is 18.7 Å². The topological polar surface area (TPSA) is 22.3 Å². The summed E-state index contributed by atoms with van der Waals surface area (Å²) in [6.07, 6.45) is 3.74. The van der Waals surface area contributed by atoms with Gasteiger partial charge in [-0.3, -0.25) is 4.74 Å². The number of aromatic nitrogens is 1. The summed E-state index contributed by atoms with van der Waals surface area (Å²) >= 11 is 0. The van der Waals surface area contributed by atoms with Crippen molar-refractivity contribution in [3.8, 4) is 0 Å². The molecule has 0 aromatic carbocycles. The van der Waals surface area contributed by atoms with Crippen molar-refractivity contribution in [1.29, 1.82) is 0 Å². The molecule has 1 aromatic rings. The minimum atomic E-state index is -6.00. The fraction of sp³-hybridized carbons (Fsp3) is 0.444. The number of ether oxygens (including phenoxy) is 2. The minimum absolute atomic E-state index is 0.155. The van der Waals surface area contributed by atoms with Gasteiger partial charge in [-0.05, 0) is 6.92 Å². The normalized spacial score (nSPS) is 12.6. The van der Waals surface area contributed by atoms with Crippen molar-refractivity contribution in [1.82, 2.24) is 0 Å². The summed E-state index contributed by atoms with van der Waals surface area (Å²) in [6.45, 7) is 2.39. The lowest BCUT2D eigenvalue weighted by molar-refractivity contribution is -0.737. The van der Waals surface area contributed by atoms with Crippen molar-refractivity contribution in [2.45, 2.75) is 19.9 Å². The Hall–Kier alpha value is -1.15. The minimum Gasteiger partial charge on any atom is -0.418 e. The van der Waals surface area contributed by atoms with Gasteiger partial charge in [0.2, 0.25) is 0 Å². The van der Waals surface area contributed by atoms with Crippen LogP contribution in [0.5, 0.6) is 0 Å². The zero-order valence-electron chi connectivity index (χ0n) is 9.52. The SMILES string of the molecule is COC(C)OC[n+]1ccccc1.F[B-](F)(F)F. The predicted molar refractivity (Wildman–Crippen MR) is 54.4 cm³/mol. The maximum absolute atomic E-state index is 9.75. The Morgan fingerprint density at radius 2 is 1.59 bits per heavy atom. The van der Waals surface area contributed by atoms with Gasteiger partial charge in [0.1, 0.15) is 0 Å². The van der Waals surface area contributed by atoms with E-state index in [2.05, 4.69) is 0 Å². The smallest absolute Gasteiger partial charge is 0.418 e. The molecule has 1 aromatic heterocycles. The summed E-state index contributed by atoms with van der Waals surface area (Å²) in [4.78, 5) is 0. The second-order valence-electron chi connectivity index (χ2n) is 2.98. The van der Waals surface area contributed by atoms with Crippen molar-refractivity contribution >= 4 is 7.25 Å². The van der Waals surface area contributed by atoms with E-state index in [-0.39, 0.29) is 6.29 Å². The van der Waals surface area contributed by atoms with Gasteiger partial charge in [-0.25, -0.2) is 0 Å². The molecule has 0 bridgehead atoms. The summed E-state index contributed by atoms with van der Waals surface area (Å²) < 4.78 is 51.2. The zero-order chi connectivity index (χ0) is 13.3. The average molecular weight is 255 g/mol. The summed E-state index contributed by atoms with van der Waals surface area (Å²) in [7, 11) is -4.37. The highest BCUT2D eigenvalue weighted by atomic mass is 19.5. The van der Waals surface area contributed by atoms with Crippen LogP contribution in [0.1, 0.15) is 6.92 Å². The highest BCUT2D eigenvalue weighted by Crippen LogP contribution is 2.06. The molecule has 0 fully saturated rings. The first-order valence-electron chi connectivity index (χ1n) is 4.78. The fourth-order valence-electron chi connectivity index (χ4n) is 0.779. The van der Waals surface area contributed by atoms with E-state index in [1.165, 1.54) is 0 Å². The number of hydrogen-bond donors (Lipinski definition) is 0. The Balaban J connectivity index is 0.000000437. The second kappa shape index (κ2) is 8.02. The molecule has 0 aliphatic carbocycles.